The Morgan fingerprint density at radius 2 is 2.00 bits per heavy atom. The van der Waals surface area contributed by atoms with Crippen molar-refractivity contribution < 1.29 is 4.74 Å². The summed E-state index contributed by atoms with van der Waals surface area (Å²) in [6, 6.07) is 10.5. The smallest absolute Gasteiger partial charge is 0.197 e. The minimum Gasteiger partial charge on any atom is -0.487 e. The summed E-state index contributed by atoms with van der Waals surface area (Å²) in [6.07, 6.45) is 2.04. The third-order valence-electron chi connectivity index (χ3n) is 3.30. The van der Waals surface area contributed by atoms with Crippen LogP contribution in [0.2, 0.25) is 0 Å². The fraction of sp³-hybridized carbons (Fsp3) is 0.438. The minimum atomic E-state index is -0.0549. The van der Waals surface area contributed by atoms with Crippen LogP contribution in [0, 0.1) is 0 Å². The van der Waals surface area contributed by atoms with Gasteiger partial charge in [-0.2, -0.15) is 4.37 Å². The molecule has 0 unspecified atom stereocenters. The zero-order valence-electron chi connectivity index (χ0n) is 12.8. The highest BCUT2D eigenvalue weighted by atomic mass is 32.1. The lowest BCUT2D eigenvalue weighted by Crippen LogP contribution is -2.31. The Morgan fingerprint density at radius 1 is 1.29 bits per heavy atom. The van der Waals surface area contributed by atoms with E-state index in [1.54, 1.807) is 0 Å². The molecule has 0 fully saturated rings. The first-order valence-corrected chi connectivity index (χ1v) is 7.99. The van der Waals surface area contributed by atoms with Gasteiger partial charge in [0.1, 0.15) is 0 Å². The van der Waals surface area contributed by atoms with Crippen LogP contribution < -0.4 is 15.8 Å². The number of nitrogens with zero attached hydrogens (tertiary/aromatic N) is 1. The molecule has 1 heterocycles. The number of aryl methyl sites for hydroxylation is 1. The van der Waals surface area contributed by atoms with Crippen LogP contribution in [-0.2, 0) is 6.42 Å². The van der Waals surface area contributed by atoms with Crippen LogP contribution in [0.1, 0.15) is 32.8 Å². The van der Waals surface area contributed by atoms with Gasteiger partial charge in [0.15, 0.2) is 16.6 Å². The molecule has 0 radical (unpaired) electrons. The summed E-state index contributed by atoms with van der Waals surface area (Å²) in [7, 11) is 0. The number of aromatic nitrogens is 1. The van der Waals surface area contributed by atoms with E-state index in [4.69, 9.17) is 10.5 Å². The number of ether oxygens (including phenoxy) is 1. The first-order valence-electron chi connectivity index (χ1n) is 7.22. The predicted octanol–water partition coefficient (Wildman–Crippen LogP) is 3.95. The molecule has 3 N–H and O–H groups in total. The Balaban J connectivity index is 2.00. The van der Waals surface area contributed by atoms with Gasteiger partial charge in [0.25, 0.3) is 0 Å². The number of hydrogen-bond donors (Lipinski definition) is 2. The number of hydrogen-bond acceptors (Lipinski definition) is 5. The van der Waals surface area contributed by atoms with Gasteiger partial charge >= 0.3 is 0 Å². The van der Waals surface area contributed by atoms with E-state index in [0.717, 1.165) is 17.8 Å². The zero-order chi connectivity index (χ0) is 15.3. The highest BCUT2D eigenvalue weighted by Gasteiger charge is 2.22. The lowest BCUT2D eigenvalue weighted by molar-refractivity contribution is 0.343. The van der Waals surface area contributed by atoms with Crippen LogP contribution in [0.25, 0.3) is 0 Å². The molecule has 1 aromatic heterocycles. The van der Waals surface area contributed by atoms with Crippen LogP contribution in [0.4, 0.5) is 10.8 Å². The minimum absolute atomic E-state index is 0.0549. The van der Waals surface area contributed by atoms with Gasteiger partial charge in [0.2, 0.25) is 0 Å². The summed E-state index contributed by atoms with van der Waals surface area (Å²) in [4.78, 5) is 0. The molecule has 0 bridgehead atoms. The second kappa shape index (κ2) is 6.80. The predicted molar refractivity (Wildman–Crippen MR) is 90.2 cm³/mol. The lowest BCUT2D eigenvalue weighted by Gasteiger charge is -2.27. The molecule has 0 amide bonds. The molecular formula is C16H23N3OS. The summed E-state index contributed by atoms with van der Waals surface area (Å²) in [6.45, 7) is 6.90. The van der Waals surface area contributed by atoms with Crippen molar-refractivity contribution in [1.82, 2.24) is 4.37 Å². The number of benzene rings is 1. The average molecular weight is 305 g/mol. The molecule has 0 aliphatic heterocycles. The summed E-state index contributed by atoms with van der Waals surface area (Å²) in [5.74, 6) is 1.14. The molecule has 2 rings (SSSR count). The number of nitrogens with one attached hydrogen (secondary N) is 1. The van der Waals surface area contributed by atoms with E-state index in [9.17, 15) is 0 Å². The fourth-order valence-electron chi connectivity index (χ4n) is 2.13. The van der Waals surface area contributed by atoms with Crippen molar-refractivity contribution in [3.8, 4) is 5.75 Å². The van der Waals surface area contributed by atoms with Crippen LogP contribution >= 0.6 is 11.5 Å². The van der Waals surface area contributed by atoms with Crippen molar-refractivity contribution in [2.24, 2.45) is 0 Å². The second-order valence-corrected chi connectivity index (χ2v) is 6.43. The molecule has 2 aromatic rings. The molecule has 0 saturated carbocycles. The van der Waals surface area contributed by atoms with Crippen molar-refractivity contribution in [2.75, 3.05) is 17.7 Å². The Morgan fingerprint density at radius 3 is 2.67 bits per heavy atom. The van der Waals surface area contributed by atoms with E-state index in [0.29, 0.717) is 18.2 Å². The van der Waals surface area contributed by atoms with Crippen molar-refractivity contribution in [1.29, 1.82) is 0 Å². The molecule has 114 valence electrons. The fourth-order valence-corrected chi connectivity index (χ4v) is 2.97. The van der Waals surface area contributed by atoms with Gasteiger partial charge in [0.05, 0.1) is 6.61 Å². The maximum Gasteiger partial charge on any atom is 0.197 e. The molecule has 0 aliphatic carbocycles. The SMILES string of the molecule is CCOc1c(N)nsc1NC(C)(C)CCc1ccccc1. The Bertz CT molecular complexity index is 566. The van der Waals surface area contributed by atoms with Gasteiger partial charge in [0, 0.05) is 5.54 Å². The van der Waals surface area contributed by atoms with E-state index in [1.807, 2.05) is 13.0 Å². The number of nitrogen functional groups attached to an aromatic ring is 1. The number of anilines is 2. The van der Waals surface area contributed by atoms with E-state index in [2.05, 4.69) is 47.8 Å². The van der Waals surface area contributed by atoms with Gasteiger partial charge in [-0.3, -0.25) is 0 Å². The first-order chi connectivity index (χ1) is 10.0. The molecule has 0 aliphatic rings. The van der Waals surface area contributed by atoms with Gasteiger partial charge < -0.3 is 15.8 Å². The van der Waals surface area contributed by atoms with Gasteiger partial charge in [-0.25, -0.2) is 0 Å². The maximum absolute atomic E-state index is 5.85. The Hall–Kier alpha value is -1.75. The molecule has 1 aromatic carbocycles. The molecule has 4 nitrogen and oxygen atoms in total. The molecular weight excluding hydrogens is 282 g/mol. The Labute approximate surface area is 130 Å². The highest BCUT2D eigenvalue weighted by molar-refractivity contribution is 7.11. The summed E-state index contributed by atoms with van der Waals surface area (Å²) in [5.41, 5.74) is 7.14. The number of rotatable bonds is 7. The molecule has 21 heavy (non-hydrogen) atoms. The third kappa shape index (κ3) is 4.36. The molecule has 0 saturated heterocycles. The quantitative estimate of drug-likeness (QED) is 0.813. The third-order valence-corrected chi connectivity index (χ3v) is 4.05. The van der Waals surface area contributed by atoms with E-state index < -0.39 is 0 Å². The zero-order valence-corrected chi connectivity index (χ0v) is 13.7. The van der Waals surface area contributed by atoms with E-state index in [1.165, 1.54) is 17.1 Å². The van der Waals surface area contributed by atoms with E-state index in [-0.39, 0.29) is 5.54 Å². The van der Waals surface area contributed by atoms with E-state index >= 15 is 0 Å². The van der Waals surface area contributed by atoms with Gasteiger partial charge in [-0.15, -0.1) is 0 Å². The lowest BCUT2D eigenvalue weighted by atomic mass is 9.95. The average Bonchev–Trinajstić information content (AvgIpc) is 2.79. The summed E-state index contributed by atoms with van der Waals surface area (Å²) < 4.78 is 9.75. The summed E-state index contributed by atoms with van der Waals surface area (Å²) >= 11 is 1.35. The maximum atomic E-state index is 5.85. The van der Waals surface area contributed by atoms with Crippen molar-refractivity contribution in [3.63, 3.8) is 0 Å². The van der Waals surface area contributed by atoms with Crippen LogP contribution in [0.3, 0.4) is 0 Å². The van der Waals surface area contributed by atoms with Crippen LogP contribution in [0.15, 0.2) is 30.3 Å². The monoisotopic (exact) mass is 305 g/mol. The molecule has 0 atom stereocenters. The Kier molecular flexibility index (Phi) is 5.07. The highest BCUT2D eigenvalue weighted by Crippen LogP contribution is 2.37. The summed E-state index contributed by atoms with van der Waals surface area (Å²) in [5, 5.41) is 4.42. The largest absolute Gasteiger partial charge is 0.487 e. The van der Waals surface area contributed by atoms with Gasteiger partial charge in [-0.05, 0) is 50.7 Å². The topological polar surface area (TPSA) is 60.2 Å². The van der Waals surface area contributed by atoms with Crippen molar-refractivity contribution >= 4 is 22.4 Å². The standard InChI is InChI=1S/C16H23N3OS/c1-4-20-13-14(17)19-21-15(13)18-16(2,3)11-10-12-8-6-5-7-9-12/h5-9,18H,4,10-11H2,1-3H3,(H2,17,19). The molecule has 5 heteroatoms. The van der Waals surface area contributed by atoms with Crippen LogP contribution in [0.5, 0.6) is 5.75 Å². The second-order valence-electron chi connectivity index (χ2n) is 5.65. The van der Waals surface area contributed by atoms with Crippen molar-refractivity contribution in [3.05, 3.63) is 35.9 Å². The van der Waals surface area contributed by atoms with Crippen molar-refractivity contribution in [2.45, 2.75) is 39.2 Å². The first kappa shape index (κ1) is 15.6. The molecule has 0 spiro atoms. The van der Waals surface area contributed by atoms with Crippen LogP contribution in [-0.4, -0.2) is 16.5 Å². The van der Waals surface area contributed by atoms with Gasteiger partial charge in [-0.1, -0.05) is 30.3 Å². The number of nitrogens with two attached hydrogens (primary N) is 1. The normalized spacial score (nSPS) is 11.4.